The van der Waals surface area contributed by atoms with Gasteiger partial charge in [0.05, 0.1) is 18.6 Å². The Kier molecular flexibility index (Phi) is 8.23. The van der Waals surface area contributed by atoms with Crippen LogP contribution in [0.15, 0.2) is 84.9 Å². The summed E-state index contributed by atoms with van der Waals surface area (Å²) in [5, 5.41) is 6.03. The fraction of sp³-hybridized carbons (Fsp3) is 0.286. The lowest BCUT2D eigenvalue weighted by molar-refractivity contribution is -0.127. The average Bonchev–Trinajstić information content (AvgIpc) is 2.89. The molecule has 1 atom stereocenters. The van der Waals surface area contributed by atoms with Crippen LogP contribution >= 0.6 is 0 Å². The molecule has 1 aliphatic heterocycles. The average molecular weight is 475 g/mol. The molecule has 2 N–H and O–H groups in total. The standard InChI is InChI=1S/C28H31FN4O2/c1-21(28(35)31-27(22-8-4-2-5-9-22)23-10-6-3-7-11-23)33-18-16-32(17-19-33)20-26(34)30-25-14-12-24(29)13-15-25/h2-15,21,27H,16-20H2,1H3,(H,30,34)(H,31,35). The first-order valence-electron chi connectivity index (χ1n) is 11.9. The van der Waals surface area contributed by atoms with Crippen molar-refractivity contribution < 1.29 is 14.0 Å². The van der Waals surface area contributed by atoms with Crippen molar-refractivity contribution in [2.45, 2.75) is 19.0 Å². The molecule has 0 radical (unpaired) electrons. The van der Waals surface area contributed by atoms with E-state index in [0.29, 0.717) is 31.9 Å². The number of hydrogen-bond acceptors (Lipinski definition) is 4. The van der Waals surface area contributed by atoms with E-state index in [1.807, 2.05) is 67.6 Å². The first-order valence-corrected chi connectivity index (χ1v) is 11.9. The summed E-state index contributed by atoms with van der Waals surface area (Å²) >= 11 is 0. The molecule has 0 aliphatic carbocycles. The molecule has 1 heterocycles. The van der Waals surface area contributed by atoms with Gasteiger partial charge in [-0.05, 0) is 42.3 Å². The van der Waals surface area contributed by atoms with Gasteiger partial charge in [-0.1, -0.05) is 60.7 Å². The number of amides is 2. The summed E-state index contributed by atoms with van der Waals surface area (Å²) < 4.78 is 13.0. The first-order chi connectivity index (χ1) is 17.0. The smallest absolute Gasteiger partial charge is 0.238 e. The van der Waals surface area contributed by atoms with Crippen LogP contribution < -0.4 is 10.6 Å². The van der Waals surface area contributed by atoms with Gasteiger partial charge < -0.3 is 10.6 Å². The number of rotatable bonds is 8. The molecule has 4 rings (SSSR count). The summed E-state index contributed by atoms with van der Waals surface area (Å²) in [5.74, 6) is -0.495. The Morgan fingerprint density at radius 1 is 0.829 bits per heavy atom. The van der Waals surface area contributed by atoms with Crippen LogP contribution in [0.1, 0.15) is 24.1 Å². The number of halogens is 1. The number of carbonyl (C=O) groups is 2. The second kappa shape index (κ2) is 11.7. The van der Waals surface area contributed by atoms with Crippen LogP contribution in [0.2, 0.25) is 0 Å². The molecule has 7 heteroatoms. The Balaban J connectivity index is 1.30. The third kappa shape index (κ3) is 6.74. The quantitative estimate of drug-likeness (QED) is 0.523. The molecule has 1 aliphatic rings. The van der Waals surface area contributed by atoms with Gasteiger partial charge in [-0.25, -0.2) is 4.39 Å². The van der Waals surface area contributed by atoms with E-state index in [0.717, 1.165) is 11.1 Å². The maximum atomic E-state index is 13.2. The molecule has 3 aromatic carbocycles. The van der Waals surface area contributed by atoms with Gasteiger partial charge in [0.1, 0.15) is 5.82 Å². The monoisotopic (exact) mass is 474 g/mol. The highest BCUT2D eigenvalue weighted by molar-refractivity contribution is 5.92. The van der Waals surface area contributed by atoms with Crippen LogP contribution in [0.25, 0.3) is 0 Å². The molecule has 35 heavy (non-hydrogen) atoms. The minimum Gasteiger partial charge on any atom is -0.344 e. The molecule has 1 unspecified atom stereocenters. The Labute approximate surface area is 205 Å². The van der Waals surface area contributed by atoms with Gasteiger partial charge in [-0.2, -0.15) is 0 Å². The molecule has 0 saturated carbocycles. The normalized spacial score (nSPS) is 15.5. The fourth-order valence-electron chi connectivity index (χ4n) is 4.32. The summed E-state index contributed by atoms with van der Waals surface area (Å²) in [5.41, 5.74) is 2.65. The predicted octanol–water partition coefficient (Wildman–Crippen LogP) is 3.68. The highest BCUT2D eigenvalue weighted by atomic mass is 19.1. The number of nitrogens with zero attached hydrogens (tertiary/aromatic N) is 2. The van der Waals surface area contributed by atoms with Crippen molar-refractivity contribution in [3.8, 4) is 0 Å². The molecule has 2 amide bonds. The molecule has 0 bridgehead atoms. The van der Waals surface area contributed by atoms with Crippen LogP contribution in [0, 0.1) is 5.82 Å². The van der Waals surface area contributed by atoms with Crippen molar-refractivity contribution in [3.05, 3.63) is 102 Å². The van der Waals surface area contributed by atoms with E-state index in [4.69, 9.17) is 0 Å². The fourth-order valence-corrected chi connectivity index (χ4v) is 4.32. The summed E-state index contributed by atoms with van der Waals surface area (Å²) in [7, 11) is 0. The zero-order valence-corrected chi connectivity index (χ0v) is 19.9. The van der Waals surface area contributed by atoms with Crippen molar-refractivity contribution in [1.29, 1.82) is 0 Å². The molecule has 182 valence electrons. The van der Waals surface area contributed by atoms with Crippen LogP contribution in [0.3, 0.4) is 0 Å². The zero-order valence-electron chi connectivity index (χ0n) is 19.9. The molecular formula is C28H31FN4O2. The minimum atomic E-state index is -0.337. The number of hydrogen-bond donors (Lipinski definition) is 2. The SMILES string of the molecule is CC(C(=O)NC(c1ccccc1)c1ccccc1)N1CCN(CC(=O)Nc2ccc(F)cc2)CC1. The lowest BCUT2D eigenvalue weighted by atomic mass is 9.98. The van der Waals surface area contributed by atoms with Gasteiger partial charge in [-0.3, -0.25) is 19.4 Å². The summed E-state index contributed by atoms with van der Waals surface area (Å²) in [4.78, 5) is 29.8. The third-order valence-electron chi connectivity index (χ3n) is 6.38. The van der Waals surface area contributed by atoms with Crippen molar-refractivity contribution >= 4 is 17.5 Å². The highest BCUT2D eigenvalue weighted by Crippen LogP contribution is 2.22. The van der Waals surface area contributed by atoms with Crippen molar-refractivity contribution in [1.82, 2.24) is 15.1 Å². The molecule has 1 saturated heterocycles. The van der Waals surface area contributed by atoms with E-state index >= 15 is 0 Å². The van der Waals surface area contributed by atoms with Crippen LogP contribution in [0.4, 0.5) is 10.1 Å². The Morgan fingerprint density at radius 2 is 1.37 bits per heavy atom. The van der Waals surface area contributed by atoms with E-state index in [1.54, 1.807) is 12.1 Å². The Bertz CT molecular complexity index is 1060. The van der Waals surface area contributed by atoms with Crippen molar-refractivity contribution in [2.75, 3.05) is 38.0 Å². The summed E-state index contributed by atoms with van der Waals surface area (Å²) in [6.07, 6.45) is 0. The van der Waals surface area contributed by atoms with Gasteiger partial charge in [0.15, 0.2) is 0 Å². The van der Waals surface area contributed by atoms with Crippen LogP contribution in [-0.2, 0) is 9.59 Å². The number of anilines is 1. The first kappa shape index (κ1) is 24.6. The maximum Gasteiger partial charge on any atom is 0.238 e. The summed E-state index contributed by atoms with van der Waals surface area (Å²) in [6.45, 7) is 4.96. The Morgan fingerprint density at radius 3 is 1.91 bits per heavy atom. The second-order valence-corrected chi connectivity index (χ2v) is 8.81. The van der Waals surface area contributed by atoms with Gasteiger partial charge in [0.25, 0.3) is 0 Å². The lowest BCUT2D eigenvalue weighted by Crippen LogP contribution is -2.55. The number of carbonyl (C=O) groups excluding carboxylic acids is 2. The molecule has 1 fully saturated rings. The van der Waals surface area contributed by atoms with Crippen LogP contribution in [-0.4, -0.2) is 60.4 Å². The van der Waals surface area contributed by atoms with Gasteiger partial charge in [-0.15, -0.1) is 0 Å². The molecule has 6 nitrogen and oxygen atoms in total. The molecule has 0 spiro atoms. The van der Waals surface area contributed by atoms with E-state index in [2.05, 4.69) is 20.4 Å². The summed E-state index contributed by atoms with van der Waals surface area (Å²) in [6, 6.07) is 25.2. The molecule has 3 aromatic rings. The molecular weight excluding hydrogens is 443 g/mol. The lowest BCUT2D eigenvalue weighted by Gasteiger charge is -2.37. The second-order valence-electron chi connectivity index (χ2n) is 8.81. The van der Waals surface area contributed by atoms with Gasteiger partial charge in [0, 0.05) is 31.9 Å². The zero-order chi connectivity index (χ0) is 24.6. The maximum absolute atomic E-state index is 13.2. The largest absolute Gasteiger partial charge is 0.344 e. The molecule has 0 aromatic heterocycles. The van der Waals surface area contributed by atoms with E-state index in [9.17, 15) is 14.0 Å². The van der Waals surface area contributed by atoms with Crippen molar-refractivity contribution in [3.63, 3.8) is 0 Å². The highest BCUT2D eigenvalue weighted by Gasteiger charge is 2.28. The van der Waals surface area contributed by atoms with Gasteiger partial charge >= 0.3 is 0 Å². The Hall–Kier alpha value is -3.55. The third-order valence-corrected chi connectivity index (χ3v) is 6.38. The number of benzene rings is 3. The van der Waals surface area contributed by atoms with Gasteiger partial charge in [0.2, 0.25) is 11.8 Å². The topological polar surface area (TPSA) is 64.7 Å². The van der Waals surface area contributed by atoms with Crippen molar-refractivity contribution in [2.24, 2.45) is 0 Å². The minimum absolute atomic E-state index is 0.0230. The number of nitrogens with one attached hydrogen (secondary N) is 2. The number of piperazine rings is 1. The van der Waals surface area contributed by atoms with Crippen LogP contribution in [0.5, 0.6) is 0 Å². The van der Waals surface area contributed by atoms with E-state index in [-0.39, 0.29) is 36.3 Å². The van der Waals surface area contributed by atoms with E-state index < -0.39 is 0 Å². The van der Waals surface area contributed by atoms with E-state index in [1.165, 1.54) is 12.1 Å². The predicted molar refractivity (Wildman–Crippen MR) is 135 cm³/mol.